The Kier molecular flexibility index (Phi) is 4.84. The van der Waals surface area contributed by atoms with E-state index in [1.165, 1.54) is 0 Å². The van der Waals surface area contributed by atoms with Crippen LogP contribution in [-0.2, 0) is 16.1 Å². The average molecular weight is 357 g/mol. The summed E-state index contributed by atoms with van der Waals surface area (Å²) in [5.74, 6) is -1.01. The van der Waals surface area contributed by atoms with Crippen molar-refractivity contribution in [1.82, 2.24) is 10.2 Å². The number of likely N-dealkylation sites (tertiary alicyclic amines) is 1. The molecule has 0 radical (unpaired) electrons. The summed E-state index contributed by atoms with van der Waals surface area (Å²) in [5, 5.41) is 11.4. The van der Waals surface area contributed by atoms with E-state index < -0.39 is 11.6 Å². The number of halogens is 1. The molecule has 7 heteroatoms. The number of amides is 2. The van der Waals surface area contributed by atoms with Crippen LogP contribution in [0.1, 0.15) is 12.5 Å². The number of benzene rings is 1. The third-order valence-corrected chi connectivity index (χ3v) is 3.71. The molecule has 2 N–H and O–H groups in total. The molecule has 0 aromatic heterocycles. The number of rotatable bonds is 5. The van der Waals surface area contributed by atoms with Gasteiger partial charge in [0.2, 0.25) is 0 Å². The average Bonchev–Trinajstić information content (AvgIpc) is 2.39. The van der Waals surface area contributed by atoms with Crippen LogP contribution in [-0.4, -0.2) is 47.3 Å². The van der Waals surface area contributed by atoms with Crippen molar-refractivity contribution < 1.29 is 19.4 Å². The molecule has 1 aromatic carbocycles. The van der Waals surface area contributed by atoms with E-state index in [9.17, 15) is 9.59 Å². The van der Waals surface area contributed by atoms with Gasteiger partial charge in [-0.05, 0) is 24.6 Å². The van der Waals surface area contributed by atoms with Crippen molar-refractivity contribution in [2.45, 2.75) is 19.1 Å². The van der Waals surface area contributed by atoms with E-state index in [2.05, 4.69) is 21.2 Å². The van der Waals surface area contributed by atoms with Crippen LogP contribution < -0.4 is 5.32 Å². The first-order valence-electron chi connectivity index (χ1n) is 6.51. The number of nitrogens with zero attached hydrogens (tertiary/aromatic N) is 1. The zero-order valence-corrected chi connectivity index (χ0v) is 13.2. The summed E-state index contributed by atoms with van der Waals surface area (Å²) >= 11 is 3.38. The van der Waals surface area contributed by atoms with Crippen molar-refractivity contribution in [3.05, 3.63) is 34.3 Å². The fourth-order valence-electron chi connectivity index (χ4n) is 2.17. The van der Waals surface area contributed by atoms with Gasteiger partial charge in [-0.25, -0.2) is 9.59 Å². The molecule has 1 fully saturated rings. The van der Waals surface area contributed by atoms with Crippen molar-refractivity contribution >= 4 is 27.9 Å². The molecule has 0 saturated carbocycles. The summed E-state index contributed by atoms with van der Waals surface area (Å²) in [6, 6.07) is 7.53. The van der Waals surface area contributed by atoms with Crippen LogP contribution in [0.5, 0.6) is 0 Å². The third kappa shape index (κ3) is 4.44. The molecule has 0 spiro atoms. The lowest BCUT2D eigenvalue weighted by molar-refractivity contribution is -0.159. The van der Waals surface area contributed by atoms with Gasteiger partial charge in [-0.15, -0.1) is 0 Å². The van der Waals surface area contributed by atoms with Gasteiger partial charge in [0.1, 0.15) is 12.2 Å². The Morgan fingerprint density at radius 2 is 2.19 bits per heavy atom. The van der Waals surface area contributed by atoms with Gasteiger partial charge >= 0.3 is 12.0 Å². The molecule has 1 heterocycles. The minimum Gasteiger partial charge on any atom is -0.480 e. The van der Waals surface area contributed by atoms with Gasteiger partial charge in [0.25, 0.3) is 0 Å². The summed E-state index contributed by atoms with van der Waals surface area (Å²) in [4.78, 5) is 24.0. The predicted octanol–water partition coefficient (Wildman–Crippen LogP) is 1.83. The highest BCUT2D eigenvalue weighted by Crippen LogP contribution is 2.24. The van der Waals surface area contributed by atoms with Crippen molar-refractivity contribution in [1.29, 1.82) is 0 Å². The number of hydrogen-bond donors (Lipinski definition) is 2. The fourth-order valence-corrected chi connectivity index (χ4v) is 2.62. The number of aliphatic carboxylic acids is 1. The van der Waals surface area contributed by atoms with Gasteiger partial charge < -0.3 is 20.1 Å². The van der Waals surface area contributed by atoms with Crippen LogP contribution in [0.25, 0.3) is 0 Å². The van der Waals surface area contributed by atoms with E-state index >= 15 is 0 Å². The van der Waals surface area contributed by atoms with E-state index in [4.69, 9.17) is 9.84 Å². The van der Waals surface area contributed by atoms with E-state index in [0.29, 0.717) is 19.6 Å². The lowest BCUT2D eigenvalue weighted by atomic mass is 9.97. The largest absolute Gasteiger partial charge is 0.480 e. The molecular formula is C14H17BrN2O4. The Bertz CT molecular complexity index is 544. The number of urea groups is 1. The molecule has 21 heavy (non-hydrogen) atoms. The molecule has 2 rings (SSSR count). The Morgan fingerprint density at radius 1 is 1.48 bits per heavy atom. The molecule has 0 aliphatic carbocycles. The summed E-state index contributed by atoms with van der Waals surface area (Å²) in [6.07, 6.45) is 0. The Labute approximate surface area is 131 Å². The Hall–Kier alpha value is -1.60. The summed E-state index contributed by atoms with van der Waals surface area (Å²) < 4.78 is 6.22. The van der Waals surface area contributed by atoms with Crippen LogP contribution in [0, 0.1) is 0 Å². The molecule has 1 aromatic rings. The summed E-state index contributed by atoms with van der Waals surface area (Å²) in [5.41, 5.74) is 0.439. The smallest absolute Gasteiger partial charge is 0.329 e. The summed E-state index contributed by atoms with van der Waals surface area (Å²) in [7, 11) is 0. The van der Waals surface area contributed by atoms with E-state index in [1.807, 2.05) is 24.3 Å². The fraction of sp³-hybridized carbons (Fsp3) is 0.429. The lowest BCUT2D eigenvalue weighted by Gasteiger charge is -2.46. The molecule has 6 nitrogen and oxygen atoms in total. The normalized spacial score (nSPS) is 16.2. The second-order valence-corrected chi connectivity index (χ2v) is 6.19. The quantitative estimate of drug-likeness (QED) is 0.843. The van der Waals surface area contributed by atoms with Crippen molar-refractivity contribution in [3.8, 4) is 0 Å². The van der Waals surface area contributed by atoms with E-state index in [-0.39, 0.29) is 12.6 Å². The molecule has 0 atom stereocenters. The first-order chi connectivity index (χ1) is 9.88. The van der Waals surface area contributed by atoms with Crippen molar-refractivity contribution in [2.24, 2.45) is 0 Å². The topological polar surface area (TPSA) is 78.9 Å². The second-order valence-electron chi connectivity index (χ2n) is 5.28. The highest BCUT2D eigenvalue weighted by molar-refractivity contribution is 9.10. The maximum Gasteiger partial charge on any atom is 0.329 e. The van der Waals surface area contributed by atoms with Crippen LogP contribution >= 0.6 is 15.9 Å². The van der Waals surface area contributed by atoms with Crippen molar-refractivity contribution in [2.75, 3.05) is 19.7 Å². The Balaban J connectivity index is 1.75. The minimum absolute atomic E-state index is 0.175. The molecule has 1 aliphatic rings. The monoisotopic (exact) mass is 356 g/mol. The molecule has 2 amide bonds. The lowest BCUT2D eigenvalue weighted by Crippen LogP contribution is -2.65. The van der Waals surface area contributed by atoms with Crippen LogP contribution in [0.3, 0.4) is 0 Å². The first-order valence-corrected chi connectivity index (χ1v) is 7.30. The minimum atomic E-state index is -1.01. The Morgan fingerprint density at radius 3 is 2.81 bits per heavy atom. The maximum absolute atomic E-state index is 11.9. The molecule has 1 saturated heterocycles. The number of carbonyl (C=O) groups is 2. The number of ether oxygens (including phenoxy) is 1. The van der Waals surface area contributed by atoms with Gasteiger partial charge in [0.15, 0.2) is 0 Å². The van der Waals surface area contributed by atoms with E-state index in [0.717, 1.165) is 10.0 Å². The number of carboxylic acids is 1. The van der Waals surface area contributed by atoms with Crippen LogP contribution in [0.15, 0.2) is 28.7 Å². The second kappa shape index (κ2) is 6.44. The molecular weight excluding hydrogens is 340 g/mol. The van der Waals surface area contributed by atoms with Crippen LogP contribution in [0.2, 0.25) is 0 Å². The zero-order chi connectivity index (χ0) is 15.5. The molecule has 0 bridgehead atoms. The zero-order valence-electron chi connectivity index (χ0n) is 11.6. The SMILES string of the molecule is CC1(OCC(=O)O)CN(C(=O)NCc2cccc(Br)c2)C1. The molecule has 0 unspecified atom stereocenters. The molecule has 1 aliphatic heterocycles. The number of carboxylic acid groups (broad SMARTS) is 1. The maximum atomic E-state index is 11.9. The van der Waals surface area contributed by atoms with Gasteiger partial charge in [-0.2, -0.15) is 0 Å². The predicted molar refractivity (Wildman–Crippen MR) is 79.9 cm³/mol. The van der Waals surface area contributed by atoms with E-state index in [1.54, 1.807) is 11.8 Å². The van der Waals surface area contributed by atoms with Crippen LogP contribution in [0.4, 0.5) is 4.79 Å². The molecule has 114 valence electrons. The number of hydrogen-bond acceptors (Lipinski definition) is 3. The standard InChI is InChI=1S/C14H17BrN2O4/c1-14(21-7-12(18)19)8-17(9-14)13(20)16-6-10-3-2-4-11(15)5-10/h2-5H,6-9H2,1H3,(H,16,20)(H,18,19). The highest BCUT2D eigenvalue weighted by Gasteiger charge is 2.42. The number of nitrogens with one attached hydrogen (secondary N) is 1. The van der Waals surface area contributed by atoms with Gasteiger partial charge in [0, 0.05) is 11.0 Å². The van der Waals surface area contributed by atoms with Gasteiger partial charge in [-0.3, -0.25) is 0 Å². The van der Waals surface area contributed by atoms with Gasteiger partial charge in [-0.1, -0.05) is 28.1 Å². The number of carbonyl (C=O) groups excluding carboxylic acids is 1. The van der Waals surface area contributed by atoms with Gasteiger partial charge in [0.05, 0.1) is 13.1 Å². The third-order valence-electron chi connectivity index (χ3n) is 3.21. The first kappa shape index (κ1) is 15.8. The van der Waals surface area contributed by atoms with Crippen molar-refractivity contribution in [3.63, 3.8) is 0 Å². The highest BCUT2D eigenvalue weighted by atomic mass is 79.9. The summed E-state index contributed by atoms with van der Waals surface area (Å²) in [6.45, 7) is 2.69.